The van der Waals surface area contributed by atoms with Crippen molar-refractivity contribution < 1.29 is 0 Å². The van der Waals surface area contributed by atoms with E-state index in [9.17, 15) is 0 Å². The maximum absolute atomic E-state index is 3.98. The SMILES string of the molecule is C=CNC(C)=CC(C)=NC. The molecule has 10 heavy (non-hydrogen) atoms. The van der Waals surface area contributed by atoms with Gasteiger partial charge in [0.25, 0.3) is 0 Å². The van der Waals surface area contributed by atoms with E-state index in [0.717, 1.165) is 11.4 Å². The molecule has 0 aromatic heterocycles. The summed E-state index contributed by atoms with van der Waals surface area (Å²) in [6.45, 7) is 7.46. The second-order valence-corrected chi connectivity index (χ2v) is 2.04. The van der Waals surface area contributed by atoms with Gasteiger partial charge in [-0.3, -0.25) is 4.99 Å². The van der Waals surface area contributed by atoms with Crippen LogP contribution < -0.4 is 5.32 Å². The van der Waals surface area contributed by atoms with Gasteiger partial charge in [-0.25, -0.2) is 0 Å². The number of nitrogens with one attached hydrogen (secondary N) is 1. The molecule has 0 saturated heterocycles. The summed E-state index contributed by atoms with van der Waals surface area (Å²) in [6, 6.07) is 0. The summed E-state index contributed by atoms with van der Waals surface area (Å²) >= 11 is 0. The normalized spacial score (nSPS) is 13.1. The molecule has 0 spiro atoms. The van der Waals surface area contributed by atoms with Crippen molar-refractivity contribution in [3.63, 3.8) is 0 Å². The third kappa shape index (κ3) is 3.89. The van der Waals surface area contributed by atoms with Crippen molar-refractivity contribution in [1.82, 2.24) is 5.32 Å². The van der Waals surface area contributed by atoms with Crippen molar-refractivity contribution in [2.24, 2.45) is 4.99 Å². The monoisotopic (exact) mass is 138 g/mol. The number of hydrogen-bond donors (Lipinski definition) is 1. The van der Waals surface area contributed by atoms with Gasteiger partial charge in [-0.1, -0.05) is 6.58 Å². The van der Waals surface area contributed by atoms with E-state index < -0.39 is 0 Å². The first kappa shape index (κ1) is 8.95. The molecule has 2 nitrogen and oxygen atoms in total. The highest BCUT2D eigenvalue weighted by Crippen LogP contribution is 1.87. The fraction of sp³-hybridized carbons (Fsp3) is 0.375. The number of aliphatic imine (C=N–C) groups is 1. The van der Waals surface area contributed by atoms with Gasteiger partial charge < -0.3 is 5.32 Å². The summed E-state index contributed by atoms with van der Waals surface area (Å²) in [5.41, 5.74) is 2.06. The van der Waals surface area contributed by atoms with E-state index in [-0.39, 0.29) is 0 Å². The molecule has 0 rings (SSSR count). The molecule has 0 bridgehead atoms. The summed E-state index contributed by atoms with van der Waals surface area (Å²) in [7, 11) is 1.77. The first-order chi connectivity index (χ1) is 4.70. The van der Waals surface area contributed by atoms with E-state index in [1.807, 2.05) is 19.9 Å². The minimum Gasteiger partial charge on any atom is -0.366 e. The predicted octanol–water partition coefficient (Wildman–Crippen LogP) is 1.71. The lowest BCUT2D eigenvalue weighted by atomic mass is 10.3. The van der Waals surface area contributed by atoms with E-state index in [4.69, 9.17) is 0 Å². The molecule has 2 heteroatoms. The topological polar surface area (TPSA) is 24.4 Å². The van der Waals surface area contributed by atoms with Crippen LogP contribution in [0.3, 0.4) is 0 Å². The van der Waals surface area contributed by atoms with Crippen LogP contribution in [0, 0.1) is 0 Å². The smallest absolute Gasteiger partial charge is 0.0331 e. The third-order valence-corrected chi connectivity index (χ3v) is 1.11. The Bertz CT molecular complexity index is 166. The highest BCUT2D eigenvalue weighted by atomic mass is 14.8. The molecular weight excluding hydrogens is 124 g/mol. The molecule has 0 amide bonds. The molecule has 0 unspecified atom stereocenters. The fourth-order valence-corrected chi connectivity index (χ4v) is 0.581. The maximum Gasteiger partial charge on any atom is 0.0331 e. The molecule has 0 atom stereocenters. The van der Waals surface area contributed by atoms with E-state index in [1.165, 1.54) is 0 Å². The number of hydrogen-bond acceptors (Lipinski definition) is 2. The zero-order chi connectivity index (χ0) is 7.98. The molecule has 0 saturated carbocycles. The van der Waals surface area contributed by atoms with E-state index in [0.29, 0.717) is 0 Å². The number of allylic oxidation sites excluding steroid dienone is 2. The van der Waals surface area contributed by atoms with Crippen molar-refractivity contribution in [1.29, 1.82) is 0 Å². The van der Waals surface area contributed by atoms with Gasteiger partial charge in [-0.2, -0.15) is 0 Å². The molecule has 0 fully saturated rings. The molecule has 0 heterocycles. The Kier molecular flexibility index (Phi) is 4.29. The van der Waals surface area contributed by atoms with Crippen LogP contribution in [0.4, 0.5) is 0 Å². The molecule has 0 aliphatic heterocycles. The molecular formula is C8H14N2. The first-order valence-corrected chi connectivity index (χ1v) is 3.20. The van der Waals surface area contributed by atoms with Gasteiger partial charge in [0, 0.05) is 18.5 Å². The van der Waals surface area contributed by atoms with Crippen LogP contribution >= 0.6 is 0 Å². The van der Waals surface area contributed by atoms with E-state index in [2.05, 4.69) is 16.9 Å². The Morgan fingerprint density at radius 3 is 2.50 bits per heavy atom. The van der Waals surface area contributed by atoms with Crippen LogP contribution in [0.1, 0.15) is 13.8 Å². The molecule has 56 valence electrons. The van der Waals surface area contributed by atoms with Gasteiger partial charge >= 0.3 is 0 Å². The average Bonchev–Trinajstić information content (AvgIpc) is 1.88. The second-order valence-electron chi connectivity index (χ2n) is 2.04. The van der Waals surface area contributed by atoms with Crippen molar-refractivity contribution in [3.8, 4) is 0 Å². The van der Waals surface area contributed by atoms with Gasteiger partial charge in [0.05, 0.1) is 0 Å². The first-order valence-electron chi connectivity index (χ1n) is 3.20. The van der Waals surface area contributed by atoms with Crippen LogP contribution in [0.5, 0.6) is 0 Å². The van der Waals surface area contributed by atoms with Crippen LogP contribution in [0.15, 0.2) is 29.5 Å². The largest absolute Gasteiger partial charge is 0.366 e. The standard InChI is InChI=1S/C8H14N2/c1-5-10-8(3)6-7(2)9-4/h5-6,10H,1H2,2-4H3. The summed E-state index contributed by atoms with van der Waals surface area (Å²) in [6.07, 6.45) is 3.61. The molecule has 0 aromatic carbocycles. The van der Waals surface area contributed by atoms with Crippen molar-refractivity contribution in [2.45, 2.75) is 13.8 Å². The molecule has 0 aliphatic rings. The van der Waals surface area contributed by atoms with E-state index in [1.54, 1.807) is 13.2 Å². The molecule has 1 N–H and O–H groups in total. The lowest BCUT2D eigenvalue weighted by Crippen LogP contribution is -2.01. The maximum atomic E-state index is 3.98. The predicted molar refractivity (Wildman–Crippen MR) is 46.1 cm³/mol. The van der Waals surface area contributed by atoms with Gasteiger partial charge in [0.2, 0.25) is 0 Å². The van der Waals surface area contributed by atoms with E-state index >= 15 is 0 Å². The van der Waals surface area contributed by atoms with Gasteiger partial charge in [0.15, 0.2) is 0 Å². The second kappa shape index (κ2) is 4.79. The van der Waals surface area contributed by atoms with Gasteiger partial charge in [-0.15, -0.1) is 0 Å². The Balaban J connectivity index is 4.02. The Hall–Kier alpha value is -1.05. The van der Waals surface area contributed by atoms with Crippen LogP contribution in [-0.4, -0.2) is 12.8 Å². The fourth-order valence-electron chi connectivity index (χ4n) is 0.581. The Morgan fingerprint density at radius 1 is 1.50 bits per heavy atom. The Morgan fingerprint density at radius 2 is 2.10 bits per heavy atom. The highest BCUT2D eigenvalue weighted by molar-refractivity contribution is 5.93. The summed E-state index contributed by atoms with van der Waals surface area (Å²) in [5, 5.41) is 2.95. The van der Waals surface area contributed by atoms with Crippen molar-refractivity contribution in [3.05, 3.63) is 24.6 Å². The van der Waals surface area contributed by atoms with Crippen molar-refractivity contribution >= 4 is 5.71 Å². The highest BCUT2D eigenvalue weighted by Gasteiger charge is 1.83. The Labute approximate surface area is 62.4 Å². The third-order valence-electron chi connectivity index (χ3n) is 1.11. The molecule has 0 radical (unpaired) electrons. The summed E-state index contributed by atoms with van der Waals surface area (Å²) in [5.74, 6) is 0. The van der Waals surface area contributed by atoms with Gasteiger partial charge in [-0.05, 0) is 26.1 Å². The quantitative estimate of drug-likeness (QED) is 0.590. The van der Waals surface area contributed by atoms with Gasteiger partial charge in [0.1, 0.15) is 0 Å². The molecule has 0 aromatic rings. The van der Waals surface area contributed by atoms with Crippen LogP contribution in [0.25, 0.3) is 0 Å². The number of nitrogens with zero attached hydrogens (tertiary/aromatic N) is 1. The zero-order valence-electron chi connectivity index (χ0n) is 6.81. The van der Waals surface area contributed by atoms with Crippen molar-refractivity contribution in [2.75, 3.05) is 7.05 Å². The lowest BCUT2D eigenvalue weighted by Gasteiger charge is -1.97. The zero-order valence-corrected chi connectivity index (χ0v) is 6.81. The number of rotatable bonds is 3. The summed E-state index contributed by atoms with van der Waals surface area (Å²) < 4.78 is 0. The lowest BCUT2D eigenvalue weighted by molar-refractivity contribution is 1.07. The minimum absolute atomic E-state index is 1.01. The molecule has 0 aliphatic carbocycles. The average molecular weight is 138 g/mol. The van der Waals surface area contributed by atoms with Crippen LogP contribution in [-0.2, 0) is 0 Å². The summed E-state index contributed by atoms with van der Waals surface area (Å²) in [4.78, 5) is 3.98. The van der Waals surface area contributed by atoms with Crippen LogP contribution in [0.2, 0.25) is 0 Å². The minimum atomic E-state index is 1.01.